The molecule has 0 atom stereocenters. The number of benzene rings is 2. The maximum atomic E-state index is 12.7. The molecular formula is C21H20ClN3O3S. The van der Waals surface area contributed by atoms with Gasteiger partial charge in [-0.25, -0.2) is 18.4 Å². The van der Waals surface area contributed by atoms with Crippen molar-refractivity contribution in [2.75, 3.05) is 5.32 Å². The van der Waals surface area contributed by atoms with Crippen LogP contribution in [0.4, 0.5) is 5.69 Å². The van der Waals surface area contributed by atoms with Crippen molar-refractivity contribution in [3.05, 3.63) is 81.6 Å². The Bertz CT molecular complexity index is 1190. The summed E-state index contributed by atoms with van der Waals surface area (Å²) in [6.07, 6.45) is 1.13. The lowest BCUT2D eigenvalue weighted by molar-refractivity contribution is 0.102. The molecule has 0 aliphatic carbocycles. The van der Waals surface area contributed by atoms with E-state index in [1.54, 1.807) is 24.3 Å². The first-order valence-corrected chi connectivity index (χ1v) is 10.9. The summed E-state index contributed by atoms with van der Waals surface area (Å²) >= 11 is 6.06. The lowest BCUT2D eigenvalue weighted by Gasteiger charge is -2.10. The number of hydrogen-bond acceptors (Lipinski definition) is 5. The Balaban J connectivity index is 1.88. The van der Waals surface area contributed by atoms with Gasteiger partial charge in [0, 0.05) is 5.69 Å². The van der Waals surface area contributed by atoms with Gasteiger partial charge < -0.3 is 5.32 Å². The summed E-state index contributed by atoms with van der Waals surface area (Å²) in [5, 5.41) is 2.23. The third kappa shape index (κ3) is 4.99. The summed E-state index contributed by atoms with van der Waals surface area (Å²) in [4.78, 5) is 20.4. The zero-order valence-corrected chi connectivity index (χ0v) is 17.8. The molecule has 1 heterocycles. The molecule has 150 valence electrons. The summed E-state index contributed by atoms with van der Waals surface area (Å²) in [6.45, 7) is 5.77. The first-order valence-electron chi connectivity index (χ1n) is 8.85. The average molecular weight is 430 g/mol. The number of amides is 1. The molecule has 1 aromatic heterocycles. The van der Waals surface area contributed by atoms with Crippen LogP contribution in [0.5, 0.6) is 0 Å². The molecule has 1 N–H and O–H groups in total. The zero-order chi connectivity index (χ0) is 21.2. The second-order valence-corrected chi connectivity index (χ2v) is 9.14. The number of sulfone groups is 1. The summed E-state index contributed by atoms with van der Waals surface area (Å²) in [7, 11) is -3.85. The molecule has 1 amide bonds. The fraction of sp³-hybridized carbons (Fsp3) is 0.190. The van der Waals surface area contributed by atoms with E-state index in [2.05, 4.69) is 15.3 Å². The van der Waals surface area contributed by atoms with E-state index in [1.165, 1.54) is 0 Å². The van der Waals surface area contributed by atoms with Crippen molar-refractivity contribution in [1.29, 1.82) is 0 Å². The number of anilines is 1. The van der Waals surface area contributed by atoms with Crippen molar-refractivity contribution in [3.8, 4) is 0 Å². The lowest BCUT2D eigenvalue weighted by atomic mass is 10.1. The molecule has 0 radical (unpaired) electrons. The van der Waals surface area contributed by atoms with Crippen LogP contribution >= 0.6 is 11.6 Å². The minimum absolute atomic E-state index is 0.0270. The highest BCUT2D eigenvalue weighted by Gasteiger charge is 2.23. The van der Waals surface area contributed by atoms with Gasteiger partial charge in [-0.3, -0.25) is 4.79 Å². The Kier molecular flexibility index (Phi) is 6.00. The largest absolute Gasteiger partial charge is 0.321 e. The van der Waals surface area contributed by atoms with Gasteiger partial charge in [-0.2, -0.15) is 0 Å². The molecule has 0 fully saturated rings. The molecule has 3 rings (SSSR count). The van der Waals surface area contributed by atoms with Crippen molar-refractivity contribution >= 4 is 33.0 Å². The first-order chi connectivity index (χ1) is 13.7. The van der Waals surface area contributed by atoms with Gasteiger partial charge in [0.2, 0.25) is 15.0 Å². The van der Waals surface area contributed by atoms with E-state index in [0.29, 0.717) is 11.3 Å². The van der Waals surface area contributed by atoms with Crippen LogP contribution < -0.4 is 5.32 Å². The summed E-state index contributed by atoms with van der Waals surface area (Å²) in [5.41, 5.74) is 4.04. The van der Waals surface area contributed by atoms with Gasteiger partial charge in [-0.15, -0.1) is 0 Å². The van der Waals surface area contributed by atoms with Crippen LogP contribution in [0.15, 0.2) is 53.8 Å². The topological polar surface area (TPSA) is 89.0 Å². The molecule has 0 aliphatic heterocycles. The quantitative estimate of drug-likeness (QED) is 0.611. The SMILES string of the molecule is Cc1cccc(CS(=O)(=O)c2ncc(Cl)c(C(=O)Nc3ccc(C)c(C)c3)n2)c1. The van der Waals surface area contributed by atoms with Gasteiger partial charge in [-0.05, 0) is 49.6 Å². The van der Waals surface area contributed by atoms with Crippen LogP contribution in [0.3, 0.4) is 0 Å². The number of nitrogens with one attached hydrogen (secondary N) is 1. The molecule has 8 heteroatoms. The Morgan fingerprint density at radius 1 is 1.07 bits per heavy atom. The van der Waals surface area contributed by atoms with Crippen LogP contribution in [0.25, 0.3) is 0 Å². The highest BCUT2D eigenvalue weighted by Crippen LogP contribution is 2.20. The summed E-state index contributed by atoms with van der Waals surface area (Å²) in [6, 6.07) is 12.6. The third-order valence-electron chi connectivity index (χ3n) is 4.42. The maximum Gasteiger partial charge on any atom is 0.275 e. The Labute approximate surface area is 174 Å². The van der Waals surface area contributed by atoms with Gasteiger partial charge in [0.25, 0.3) is 5.91 Å². The van der Waals surface area contributed by atoms with Crippen molar-refractivity contribution in [2.45, 2.75) is 31.7 Å². The van der Waals surface area contributed by atoms with E-state index in [0.717, 1.165) is 22.9 Å². The van der Waals surface area contributed by atoms with Gasteiger partial charge >= 0.3 is 0 Å². The molecule has 29 heavy (non-hydrogen) atoms. The molecule has 0 spiro atoms. The van der Waals surface area contributed by atoms with Crippen molar-refractivity contribution in [1.82, 2.24) is 9.97 Å². The van der Waals surface area contributed by atoms with Crippen molar-refractivity contribution in [2.24, 2.45) is 0 Å². The Morgan fingerprint density at radius 3 is 2.52 bits per heavy atom. The fourth-order valence-electron chi connectivity index (χ4n) is 2.76. The van der Waals surface area contributed by atoms with Crippen LogP contribution in [0, 0.1) is 20.8 Å². The number of hydrogen-bond donors (Lipinski definition) is 1. The Morgan fingerprint density at radius 2 is 1.83 bits per heavy atom. The number of aryl methyl sites for hydroxylation is 3. The molecule has 0 saturated carbocycles. The average Bonchev–Trinajstić information content (AvgIpc) is 2.64. The highest BCUT2D eigenvalue weighted by atomic mass is 35.5. The van der Waals surface area contributed by atoms with E-state index < -0.39 is 20.9 Å². The fourth-order valence-corrected chi connectivity index (χ4v) is 4.12. The van der Waals surface area contributed by atoms with Gasteiger partial charge in [0.05, 0.1) is 17.0 Å². The van der Waals surface area contributed by atoms with Crippen LogP contribution in [-0.2, 0) is 15.6 Å². The number of aromatic nitrogens is 2. The van der Waals surface area contributed by atoms with Crippen LogP contribution in [-0.4, -0.2) is 24.3 Å². The molecule has 0 bridgehead atoms. The molecule has 0 unspecified atom stereocenters. The highest BCUT2D eigenvalue weighted by molar-refractivity contribution is 7.90. The van der Waals surface area contributed by atoms with E-state index in [4.69, 9.17) is 11.6 Å². The van der Waals surface area contributed by atoms with Crippen LogP contribution in [0.1, 0.15) is 32.7 Å². The van der Waals surface area contributed by atoms with Crippen molar-refractivity contribution in [3.63, 3.8) is 0 Å². The molecule has 3 aromatic rings. The predicted molar refractivity (Wildman–Crippen MR) is 113 cm³/mol. The molecule has 0 aliphatic rings. The number of nitrogens with zero attached hydrogens (tertiary/aromatic N) is 2. The zero-order valence-electron chi connectivity index (χ0n) is 16.2. The predicted octanol–water partition coefficient (Wildman–Crippen LogP) is 4.28. The molecule has 6 nitrogen and oxygen atoms in total. The smallest absolute Gasteiger partial charge is 0.275 e. The Hall–Kier alpha value is -2.77. The van der Waals surface area contributed by atoms with Crippen LogP contribution in [0.2, 0.25) is 5.02 Å². The van der Waals surface area contributed by atoms with Gasteiger partial charge in [0.1, 0.15) is 0 Å². The van der Waals surface area contributed by atoms with E-state index >= 15 is 0 Å². The lowest BCUT2D eigenvalue weighted by Crippen LogP contribution is -2.18. The number of carbonyl (C=O) groups is 1. The van der Waals surface area contributed by atoms with Gasteiger partial charge in [0.15, 0.2) is 5.69 Å². The first kappa shape index (κ1) is 21.0. The minimum Gasteiger partial charge on any atom is -0.321 e. The number of rotatable bonds is 5. The monoisotopic (exact) mass is 429 g/mol. The van der Waals surface area contributed by atoms with E-state index in [-0.39, 0.29) is 16.5 Å². The molecule has 0 saturated heterocycles. The maximum absolute atomic E-state index is 12.7. The third-order valence-corrected chi connectivity index (χ3v) is 6.16. The molecular weight excluding hydrogens is 410 g/mol. The van der Waals surface area contributed by atoms with E-state index in [1.807, 2.05) is 39.0 Å². The minimum atomic E-state index is -3.85. The van der Waals surface area contributed by atoms with Crippen molar-refractivity contribution < 1.29 is 13.2 Å². The van der Waals surface area contributed by atoms with Gasteiger partial charge in [-0.1, -0.05) is 47.5 Å². The van der Waals surface area contributed by atoms with E-state index in [9.17, 15) is 13.2 Å². The second kappa shape index (κ2) is 8.31. The summed E-state index contributed by atoms with van der Waals surface area (Å²) in [5.74, 6) is -0.873. The molecule has 2 aromatic carbocycles. The summed E-state index contributed by atoms with van der Waals surface area (Å²) < 4.78 is 25.5. The number of halogens is 1. The standard InChI is InChI=1S/C21H20ClN3O3S/c1-13-5-4-6-16(9-13)12-29(27,28)21-23-11-18(22)19(25-21)20(26)24-17-8-7-14(2)15(3)10-17/h4-11H,12H2,1-3H3,(H,24,26). The normalized spacial score (nSPS) is 11.3. The number of carbonyl (C=O) groups excluding carboxylic acids is 1. The second-order valence-electron chi connectivity index (χ2n) is 6.85.